The molecule has 15 heavy (non-hydrogen) atoms. The van der Waals surface area contributed by atoms with Crippen LogP contribution in [0.5, 0.6) is 0 Å². The number of rotatable bonds is 3. The first-order chi connectivity index (χ1) is 7.02. The summed E-state index contributed by atoms with van der Waals surface area (Å²) in [6.45, 7) is 6.79. The Morgan fingerprint density at radius 3 is 2.80 bits per heavy atom. The molecular weight excluding hydrogens is 192 g/mol. The van der Waals surface area contributed by atoms with Crippen molar-refractivity contribution in [2.75, 3.05) is 26.7 Å². The molecule has 1 aliphatic heterocycles. The fraction of sp³-hybridized carbons (Fsp3) is 0.909. The largest absolute Gasteiger partial charge is 0.469 e. The number of ether oxygens (including phenoxy) is 1. The number of likely N-dealkylation sites (tertiary alicyclic amines) is 1. The molecule has 1 fully saturated rings. The monoisotopic (exact) mass is 214 g/mol. The fourth-order valence-corrected chi connectivity index (χ4v) is 2.32. The first kappa shape index (κ1) is 12.5. The van der Waals surface area contributed by atoms with E-state index >= 15 is 0 Å². The molecule has 0 aromatic carbocycles. The van der Waals surface area contributed by atoms with Gasteiger partial charge in [0.2, 0.25) is 0 Å². The summed E-state index contributed by atoms with van der Waals surface area (Å²) in [6.07, 6.45) is 1.09. The lowest BCUT2D eigenvalue weighted by atomic mass is 9.96. The molecule has 1 heterocycles. The number of carbonyl (C=O) groups is 1. The number of nitrogens with zero attached hydrogens (tertiary/aromatic N) is 1. The van der Waals surface area contributed by atoms with Gasteiger partial charge in [0, 0.05) is 25.7 Å². The Balaban J connectivity index is 2.40. The molecular formula is C11H22N2O2. The van der Waals surface area contributed by atoms with Crippen LogP contribution in [0.25, 0.3) is 0 Å². The van der Waals surface area contributed by atoms with Crippen molar-refractivity contribution in [3.63, 3.8) is 0 Å². The van der Waals surface area contributed by atoms with Crippen molar-refractivity contribution in [2.24, 2.45) is 17.6 Å². The molecule has 0 aromatic heterocycles. The van der Waals surface area contributed by atoms with E-state index < -0.39 is 0 Å². The highest BCUT2D eigenvalue weighted by atomic mass is 16.5. The van der Waals surface area contributed by atoms with Gasteiger partial charge in [-0.05, 0) is 12.3 Å². The predicted molar refractivity (Wildman–Crippen MR) is 59.4 cm³/mol. The van der Waals surface area contributed by atoms with Gasteiger partial charge in [-0.3, -0.25) is 4.79 Å². The van der Waals surface area contributed by atoms with Crippen molar-refractivity contribution in [3.8, 4) is 0 Å². The lowest BCUT2D eigenvalue weighted by Gasteiger charge is -2.35. The molecule has 1 saturated heterocycles. The lowest BCUT2D eigenvalue weighted by molar-refractivity contribution is -0.145. The van der Waals surface area contributed by atoms with Crippen LogP contribution in [-0.2, 0) is 9.53 Å². The first-order valence-electron chi connectivity index (χ1n) is 5.58. The molecule has 3 atom stereocenters. The topological polar surface area (TPSA) is 55.6 Å². The standard InChI is InChI=1S/C11H22N2O2/c1-8-4-10(12)7-13(5-8)6-9(2)11(14)15-3/h8-10H,4-7,12H2,1-3H3. The van der Waals surface area contributed by atoms with Gasteiger partial charge in [0.05, 0.1) is 13.0 Å². The van der Waals surface area contributed by atoms with E-state index in [1.54, 1.807) is 0 Å². The fourth-order valence-electron chi connectivity index (χ4n) is 2.32. The Labute approximate surface area is 91.8 Å². The summed E-state index contributed by atoms with van der Waals surface area (Å²) in [5.41, 5.74) is 5.94. The Morgan fingerprint density at radius 2 is 2.27 bits per heavy atom. The van der Waals surface area contributed by atoms with Crippen LogP contribution in [0.3, 0.4) is 0 Å². The van der Waals surface area contributed by atoms with E-state index in [2.05, 4.69) is 11.8 Å². The average molecular weight is 214 g/mol. The van der Waals surface area contributed by atoms with Crippen molar-refractivity contribution in [1.29, 1.82) is 0 Å². The van der Waals surface area contributed by atoms with Gasteiger partial charge >= 0.3 is 5.97 Å². The quantitative estimate of drug-likeness (QED) is 0.694. The molecule has 1 rings (SSSR count). The van der Waals surface area contributed by atoms with E-state index in [-0.39, 0.29) is 17.9 Å². The molecule has 0 radical (unpaired) electrons. The van der Waals surface area contributed by atoms with Crippen LogP contribution in [0, 0.1) is 11.8 Å². The Morgan fingerprint density at radius 1 is 1.60 bits per heavy atom. The third kappa shape index (κ3) is 3.80. The van der Waals surface area contributed by atoms with Crippen molar-refractivity contribution in [3.05, 3.63) is 0 Å². The smallest absolute Gasteiger partial charge is 0.309 e. The summed E-state index contributed by atoms with van der Waals surface area (Å²) in [6, 6.07) is 0.249. The van der Waals surface area contributed by atoms with Gasteiger partial charge < -0.3 is 15.4 Å². The van der Waals surface area contributed by atoms with Gasteiger partial charge in [-0.2, -0.15) is 0 Å². The molecule has 2 N–H and O–H groups in total. The number of carbonyl (C=O) groups excluding carboxylic acids is 1. The van der Waals surface area contributed by atoms with Gasteiger partial charge in [0.15, 0.2) is 0 Å². The maximum absolute atomic E-state index is 11.3. The van der Waals surface area contributed by atoms with Crippen molar-refractivity contribution in [2.45, 2.75) is 26.3 Å². The van der Waals surface area contributed by atoms with Crippen LogP contribution in [-0.4, -0.2) is 43.7 Å². The second kappa shape index (κ2) is 5.47. The van der Waals surface area contributed by atoms with Gasteiger partial charge in [-0.1, -0.05) is 13.8 Å². The van der Waals surface area contributed by atoms with Crippen molar-refractivity contribution >= 4 is 5.97 Å². The number of nitrogens with two attached hydrogens (primary N) is 1. The molecule has 0 bridgehead atoms. The molecule has 0 amide bonds. The molecule has 0 aromatic rings. The van der Waals surface area contributed by atoms with Crippen LogP contribution in [0.4, 0.5) is 0 Å². The highest BCUT2D eigenvalue weighted by molar-refractivity contribution is 5.72. The Bertz CT molecular complexity index is 211. The van der Waals surface area contributed by atoms with E-state index in [4.69, 9.17) is 10.5 Å². The maximum Gasteiger partial charge on any atom is 0.309 e. The zero-order valence-electron chi connectivity index (χ0n) is 9.90. The van der Waals surface area contributed by atoms with Crippen molar-refractivity contribution in [1.82, 2.24) is 4.90 Å². The van der Waals surface area contributed by atoms with Crippen LogP contribution in [0.1, 0.15) is 20.3 Å². The van der Waals surface area contributed by atoms with Gasteiger partial charge in [-0.25, -0.2) is 0 Å². The van der Waals surface area contributed by atoms with Crippen LogP contribution < -0.4 is 5.73 Å². The van der Waals surface area contributed by atoms with Gasteiger partial charge in [-0.15, -0.1) is 0 Å². The zero-order valence-corrected chi connectivity index (χ0v) is 9.90. The third-order valence-electron chi connectivity index (χ3n) is 2.90. The predicted octanol–water partition coefficient (Wildman–Crippen LogP) is 0.465. The Hall–Kier alpha value is -0.610. The summed E-state index contributed by atoms with van der Waals surface area (Å²) >= 11 is 0. The number of piperidine rings is 1. The minimum absolute atomic E-state index is 0.0625. The van der Waals surface area contributed by atoms with Crippen LogP contribution >= 0.6 is 0 Å². The highest BCUT2D eigenvalue weighted by Gasteiger charge is 2.25. The van der Waals surface area contributed by atoms with E-state index in [9.17, 15) is 4.79 Å². The zero-order chi connectivity index (χ0) is 11.4. The molecule has 0 spiro atoms. The van der Waals surface area contributed by atoms with E-state index in [1.807, 2.05) is 6.92 Å². The van der Waals surface area contributed by atoms with Crippen LogP contribution in [0.15, 0.2) is 0 Å². The molecule has 0 saturated carbocycles. The van der Waals surface area contributed by atoms with E-state index in [1.165, 1.54) is 7.11 Å². The number of esters is 1. The van der Waals surface area contributed by atoms with Crippen molar-refractivity contribution < 1.29 is 9.53 Å². The first-order valence-corrected chi connectivity index (χ1v) is 5.58. The highest BCUT2D eigenvalue weighted by Crippen LogP contribution is 2.16. The molecule has 4 heteroatoms. The van der Waals surface area contributed by atoms with E-state index in [0.29, 0.717) is 5.92 Å². The average Bonchev–Trinajstić information content (AvgIpc) is 2.14. The second-order valence-corrected chi connectivity index (χ2v) is 4.74. The minimum atomic E-state index is -0.137. The number of methoxy groups -OCH3 is 1. The maximum atomic E-state index is 11.3. The van der Waals surface area contributed by atoms with Gasteiger partial charge in [0.1, 0.15) is 0 Å². The molecule has 4 nitrogen and oxygen atoms in total. The SMILES string of the molecule is COC(=O)C(C)CN1CC(C)CC(N)C1. The molecule has 1 aliphatic rings. The van der Waals surface area contributed by atoms with Gasteiger partial charge in [0.25, 0.3) is 0 Å². The molecule has 88 valence electrons. The number of hydrogen-bond acceptors (Lipinski definition) is 4. The summed E-state index contributed by atoms with van der Waals surface area (Å²) in [5, 5.41) is 0. The summed E-state index contributed by atoms with van der Waals surface area (Å²) in [4.78, 5) is 13.5. The lowest BCUT2D eigenvalue weighted by Crippen LogP contribution is -2.48. The molecule has 0 aliphatic carbocycles. The minimum Gasteiger partial charge on any atom is -0.469 e. The molecule has 3 unspecified atom stereocenters. The number of hydrogen-bond donors (Lipinski definition) is 1. The second-order valence-electron chi connectivity index (χ2n) is 4.74. The summed E-state index contributed by atoms with van der Waals surface area (Å²) < 4.78 is 4.71. The van der Waals surface area contributed by atoms with Crippen LogP contribution in [0.2, 0.25) is 0 Å². The van der Waals surface area contributed by atoms with E-state index in [0.717, 1.165) is 26.1 Å². The third-order valence-corrected chi connectivity index (χ3v) is 2.90. The normalized spacial score (nSPS) is 29.9. The Kier molecular flexibility index (Phi) is 4.54. The summed E-state index contributed by atoms with van der Waals surface area (Å²) in [5.74, 6) is 0.424. The summed E-state index contributed by atoms with van der Waals surface area (Å²) in [7, 11) is 1.43.